The number of carbonyl (C=O) groups is 1. The van der Waals surface area contributed by atoms with Gasteiger partial charge in [-0.3, -0.25) is 9.78 Å². The van der Waals surface area contributed by atoms with Crippen molar-refractivity contribution < 1.29 is 4.79 Å². The first-order valence-electron chi connectivity index (χ1n) is 8.89. The van der Waals surface area contributed by atoms with Crippen LogP contribution in [-0.2, 0) is 0 Å². The molecule has 0 spiro atoms. The fraction of sp³-hybridized carbons (Fsp3) is 0.182. The first-order valence-corrected chi connectivity index (χ1v) is 9.70. The summed E-state index contributed by atoms with van der Waals surface area (Å²) in [6.07, 6.45) is 8.93. The molecule has 3 heterocycles. The summed E-state index contributed by atoms with van der Waals surface area (Å²) >= 11 is 1.61. The predicted octanol–water partition coefficient (Wildman–Crippen LogP) is 5.37. The largest absolute Gasteiger partial charge is 0.307 e. The first kappa shape index (κ1) is 19.6. The summed E-state index contributed by atoms with van der Waals surface area (Å²) in [7, 11) is 0. The second kappa shape index (κ2) is 8.27. The lowest BCUT2D eigenvalue weighted by Crippen LogP contribution is -2.15. The van der Waals surface area contributed by atoms with E-state index in [1.165, 1.54) is 0 Å². The third-order valence-electron chi connectivity index (χ3n) is 4.43. The molecule has 1 amide bonds. The van der Waals surface area contributed by atoms with E-state index in [0.29, 0.717) is 11.4 Å². The zero-order chi connectivity index (χ0) is 20.3. The van der Waals surface area contributed by atoms with Crippen molar-refractivity contribution in [3.05, 3.63) is 76.0 Å². The number of rotatable bonds is 5. The highest BCUT2D eigenvalue weighted by atomic mass is 32.1. The molecule has 5 nitrogen and oxygen atoms in total. The molecule has 0 fully saturated rings. The number of carbonyl (C=O) groups excluding carboxylic acids is 1. The Morgan fingerprint density at radius 3 is 2.64 bits per heavy atom. The van der Waals surface area contributed by atoms with Crippen molar-refractivity contribution in [2.45, 2.75) is 27.7 Å². The Hall–Kier alpha value is -3.12. The smallest absolute Gasteiger partial charge is 0.258 e. The van der Waals surface area contributed by atoms with Crippen LogP contribution >= 0.6 is 11.3 Å². The van der Waals surface area contributed by atoms with Crippen LogP contribution in [0.3, 0.4) is 0 Å². The number of amides is 1. The lowest BCUT2D eigenvalue weighted by molar-refractivity contribution is 0.102. The third-order valence-corrected chi connectivity index (χ3v) is 5.48. The van der Waals surface area contributed by atoms with E-state index >= 15 is 0 Å². The standard InChI is InChI=1S/C22H22N4OS/c1-6-7-13(2)22-26-20(16(5)28-22)17-8-9-19(24-11-17)25-21(27)18-12-23-10-14(3)15(18)4/h6-12H,2H2,1,3-5H3,(H,24,25,27)/b7-6+. The molecule has 6 heteroatoms. The Morgan fingerprint density at radius 2 is 1.96 bits per heavy atom. The summed E-state index contributed by atoms with van der Waals surface area (Å²) in [5, 5.41) is 3.72. The first-order chi connectivity index (χ1) is 13.4. The van der Waals surface area contributed by atoms with Crippen molar-refractivity contribution in [1.29, 1.82) is 0 Å². The van der Waals surface area contributed by atoms with E-state index in [1.54, 1.807) is 36.0 Å². The summed E-state index contributed by atoms with van der Waals surface area (Å²) < 4.78 is 0. The average molecular weight is 391 g/mol. The molecule has 0 aromatic carbocycles. The van der Waals surface area contributed by atoms with Crippen molar-refractivity contribution in [2.24, 2.45) is 0 Å². The van der Waals surface area contributed by atoms with Crippen molar-refractivity contribution >= 4 is 28.6 Å². The number of aryl methyl sites for hydroxylation is 2. The van der Waals surface area contributed by atoms with E-state index in [-0.39, 0.29) is 5.91 Å². The second-order valence-electron chi connectivity index (χ2n) is 6.46. The Balaban J connectivity index is 1.80. The molecule has 0 unspecified atom stereocenters. The van der Waals surface area contributed by atoms with Gasteiger partial charge >= 0.3 is 0 Å². The van der Waals surface area contributed by atoms with Crippen molar-refractivity contribution in [1.82, 2.24) is 15.0 Å². The van der Waals surface area contributed by atoms with Crippen LogP contribution in [0.25, 0.3) is 16.8 Å². The van der Waals surface area contributed by atoms with Crippen LogP contribution in [0.1, 0.15) is 38.3 Å². The summed E-state index contributed by atoms with van der Waals surface area (Å²) in [5.41, 5.74) is 5.12. The minimum Gasteiger partial charge on any atom is -0.307 e. The minimum atomic E-state index is -0.219. The molecule has 28 heavy (non-hydrogen) atoms. The van der Waals surface area contributed by atoms with Gasteiger partial charge in [-0.25, -0.2) is 9.97 Å². The molecular weight excluding hydrogens is 368 g/mol. The average Bonchev–Trinajstić information content (AvgIpc) is 3.06. The molecule has 3 aromatic heterocycles. The van der Waals surface area contributed by atoms with Crippen LogP contribution < -0.4 is 5.32 Å². The van der Waals surface area contributed by atoms with Gasteiger partial charge in [0.05, 0.1) is 11.3 Å². The van der Waals surface area contributed by atoms with E-state index in [2.05, 4.69) is 21.9 Å². The highest BCUT2D eigenvalue weighted by Gasteiger charge is 2.14. The van der Waals surface area contributed by atoms with Crippen molar-refractivity contribution in [3.8, 4) is 11.3 Å². The summed E-state index contributed by atoms with van der Waals surface area (Å²) in [6.45, 7) is 11.9. The predicted molar refractivity (Wildman–Crippen MR) is 116 cm³/mol. The number of hydrogen-bond donors (Lipinski definition) is 1. The molecule has 0 radical (unpaired) electrons. The maximum atomic E-state index is 12.5. The van der Waals surface area contributed by atoms with Gasteiger partial charge in [0.1, 0.15) is 10.8 Å². The van der Waals surface area contributed by atoms with Crippen molar-refractivity contribution in [2.75, 3.05) is 5.32 Å². The normalized spacial score (nSPS) is 11.0. The van der Waals surface area contributed by atoms with E-state index in [0.717, 1.165) is 37.8 Å². The Morgan fingerprint density at radius 1 is 1.18 bits per heavy atom. The fourth-order valence-corrected chi connectivity index (χ4v) is 3.61. The van der Waals surface area contributed by atoms with Crippen molar-refractivity contribution in [3.63, 3.8) is 0 Å². The van der Waals surface area contributed by atoms with Gasteiger partial charge in [-0.05, 0) is 51.0 Å². The number of hydrogen-bond acceptors (Lipinski definition) is 5. The van der Waals surface area contributed by atoms with Gasteiger partial charge in [-0.2, -0.15) is 0 Å². The zero-order valence-corrected chi connectivity index (χ0v) is 17.2. The molecule has 0 aliphatic heterocycles. The van der Waals surface area contributed by atoms with Crippen LogP contribution in [0.15, 0.2) is 49.5 Å². The highest BCUT2D eigenvalue weighted by molar-refractivity contribution is 7.13. The van der Waals surface area contributed by atoms with E-state index < -0.39 is 0 Å². The van der Waals surface area contributed by atoms with Crippen LogP contribution in [0.5, 0.6) is 0 Å². The molecule has 0 saturated heterocycles. The lowest BCUT2D eigenvalue weighted by Gasteiger charge is -2.08. The maximum absolute atomic E-state index is 12.5. The number of anilines is 1. The van der Waals surface area contributed by atoms with Crippen LogP contribution in [0, 0.1) is 20.8 Å². The summed E-state index contributed by atoms with van der Waals surface area (Å²) in [5.74, 6) is 0.268. The Bertz CT molecular complexity index is 1060. The van der Waals surface area contributed by atoms with Gasteiger partial charge in [-0.1, -0.05) is 18.7 Å². The van der Waals surface area contributed by atoms with E-state index in [4.69, 9.17) is 4.98 Å². The lowest BCUT2D eigenvalue weighted by atomic mass is 10.1. The van der Waals surface area contributed by atoms with E-state index in [1.807, 2.05) is 45.9 Å². The molecule has 0 aliphatic rings. The molecule has 0 saturated carbocycles. The third kappa shape index (κ3) is 4.07. The Kier molecular flexibility index (Phi) is 5.80. The van der Waals surface area contributed by atoms with Crippen LogP contribution in [0.4, 0.5) is 5.82 Å². The van der Waals surface area contributed by atoms with Gasteiger partial charge in [0.15, 0.2) is 0 Å². The number of thiazole rings is 1. The molecule has 0 aliphatic carbocycles. The summed E-state index contributed by atoms with van der Waals surface area (Å²) in [4.78, 5) is 26.8. The SMILES string of the molecule is C=C(/C=C/C)c1nc(-c2ccc(NC(=O)c3cncc(C)c3C)nc2)c(C)s1. The molecule has 0 bridgehead atoms. The van der Waals surface area contributed by atoms with Gasteiger partial charge in [0, 0.05) is 34.6 Å². The Labute approximate surface area is 168 Å². The molecule has 3 rings (SSSR count). The van der Waals surface area contributed by atoms with Gasteiger partial charge in [-0.15, -0.1) is 11.3 Å². The number of aromatic nitrogens is 3. The highest BCUT2D eigenvalue weighted by Crippen LogP contribution is 2.31. The second-order valence-corrected chi connectivity index (χ2v) is 7.67. The molecule has 0 atom stereocenters. The maximum Gasteiger partial charge on any atom is 0.258 e. The number of allylic oxidation sites excluding steroid dienone is 3. The number of nitrogens with zero attached hydrogens (tertiary/aromatic N) is 3. The monoisotopic (exact) mass is 390 g/mol. The molecule has 142 valence electrons. The molecular formula is C22H22N4OS. The van der Waals surface area contributed by atoms with Gasteiger partial charge in [0.2, 0.25) is 0 Å². The summed E-state index contributed by atoms with van der Waals surface area (Å²) in [6, 6.07) is 3.69. The fourth-order valence-electron chi connectivity index (χ4n) is 2.72. The zero-order valence-electron chi connectivity index (χ0n) is 16.4. The molecule has 1 N–H and O–H groups in total. The minimum absolute atomic E-state index is 0.219. The van der Waals surface area contributed by atoms with E-state index in [9.17, 15) is 4.79 Å². The van der Waals surface area contributed by atoms with Gasteiger partial charge < -0.3 is 5.32 Å². The number of nitrogens with one attached hydrogen (secondary N) is 1. The van der Waals surface area contributed by atoms with Crippen LogP contribution in [0.2, 0.25) is 0 Å². The number of pyridine rings is 2. The molecule has 3 aromatic rings. The van der Waals surface area contributed by atoms with Crippen LogP contribution in [-0.4, -0.2) is 20.9 Å². The van der Waals surface area contributed by atoms with Gasteiger partial charge in [0.25, 0.3) is 5.91 Å². The topological polar surface area (TPSA) is 67.8 Å². The quantitative estimate of drug-likeness (QED) is 0.595.